The second-order valence-corrected chi connectivity index (χ2v) is 4.55. The van der Waals surface area contributed by atoms with Crippen molar-refractivity contribution in [1.82, 2.24) is 10.6 Å². The lowest BCUT2D eigenvalue weighted by Crippen LogP contribution is -2.41. The summed E-state index contributed by atoms with van der Waals surface area (Å²) in [5.74, 6) is 1.74. The Morgan fingerprint density at radius 3 is 2.57 bits per heavy atom. The molecule has 0 radical (unpaired) electrons. The number of amides is 2. The van der Waals surface area contributed by atoms with Crippen LogP contribution in [0.2, 0.25) is 0 Å². The molecule has 0 fully saturated rings. The maximum Gasteiger partial charge on any atom is 0.315 e. The molecule has 0 aliphatic carbocycles. The molecule has 6 heteroatoms. The van der Waals surface area contributed by atoms with Gasteiger partial charge in [0.2, 0.25) is 5.75 Å². The molecule has 1 rings (SSSR count). The van der Waals surface area contributed by atoms with Crippen LogP contribution < -0.4 is 24.8 Å². The fourth-order valence-corrected chi connectivity index (χ4v) is 1.67. The van der Waals surface area contributed by atoms with E-state index in [2.05, 4.69) is 10.6 Å². The van der Waals surface area contributed by atoms with Crippen LogP contribution in [0.1, 0.15) is 20.3 Å². The van der Waals surface area contributed by atoms with Crippen molar-refractivity contribution in [3.63, 3.8) is 0 Å². The molecule has 0 heterocycles. The Morgan fingerprint density at radius 1 is 1.24 bits per heavy atom. The second kappa shape index (κ2) is 8.94. The summed E-state index contributed by atoms with van der Waals surface area (Å²) in [6.07, 6.45) is 0.894. The van der Waals surface area contributed by atoms with Crippen molar-refractivity contribution < 1.29 is 19.0 Å². The van der Waals surface area contributed by atoms with Crippen LogP contribution in [0, 0.1) is 0 Å². The highest BCUT2D eigenvalue weighted by Gasteiger charge is 2.10. The van der Waals surface area contributed by atoms with Gasteiger partial charge in [-0.1, -0.05) is 13.0 Å². The lowest BCUT2D eigenvalue weighted by molar-refractivity contribution is 0.232. The first kappa shape index (κ1) is 16.9. The smallest absolute Gasteiger partial charge is 0.315 e. The number of benzene rings is 1. The number of carbonyl (C=O) groups is 1. The highest BCUT2D eigenvalue weighted by atomic mass is 16.5. The highest BCUT2D eigenvalue weighted by molar-refractivity contribution is 5.74. The zero-order valence-electron chi connectivity index (χ0n) is 13.1. The van der Waals surface area contributed by atoms with Crippen LogP contribution in [0.25, 0.3) is 0 Å². The van der Waals surface area contributed by atoms with E-state index in [1.165, 1.54) is 0 Å². The van der Waals surface area contributed by atoms with Crippen LogP contribution in [-0.2, 0) is 0 Å². The molecule has 0 aromatic heterocycles. The largest absolute Gasteiger partial charge is 0.493 e. The molecular weight excluding hydrogens is 272 g/mol. The topological polar surface area (TPSA) is 68.8 Å². The van der Waals surface area contributed by atoms with Crippen molar-refractivity contribution >= 4 is 6.03 Å². The number of hydrogen-bond donors (Lipinski definition) is 2. The Bertz CT molecular complexity index is 451. The average molecular weight is 296 g/mol. The molecule has 21 heavy (non-hydrogen) atoms. The fourth-order valence-electron chi connectivity index (χ4n) is 1.67. The van der Waals surface area contributed by atoms with Gasteiger partial charge in [0.05, 0.1) is 20.8 Å². The van der Waals surface area contributed by atoms with Gasteiger partial charge in [-0.05, 0) is 25.5 Å². The zero-order chi connectivity index (χ0) is 15.7. The van der Waals surface area contributed by atoms with Crippen LogP contribution in [0.5, 0.6) is 17.2 Å². The molecule has 1 atom stereocenters. The van der Waals surface area contributed by atoms with Crippen LogP contribution in [-0.4, -0.2) is 39.4 Å². The summed E-state index contributed by atoms with van der Waals surface area (Å²) in [5, 5.41) is 5.56. The molecule has 1 unspecified atom stereocenters. The standard InChI is InChI=1S/C15H24N2O4/c1-5-11(2)17-15(18)16-9-10-21-13-8-6-7-12(19-3)14(13)20-4/h6-8,11H,5,9-10H2,1-4H3,(H2,16,17,18). The number of carbonyl (C=O) groups excluding carboxylic acids is 1. The molecule has 2 N–H and O–H groups in total. The van der Waals surface area contributed by atoms with Gasteiger partial charge in [-0.3, -0.25) is 0 Å². The number of nitrogens with one attached hydrogen (secondary N) is 2. The Labute approximate surface area is 125 Å². The Morgan fingerprint density at radius 2 is 1.95 bits per heavy atom. The molecule has 118 valence electrons. The number of ether oxygens (including phenoxy) is 3. The van der Waals surface area contributed by atoms with Crippen LogP contribution in [0.4, 0.5) is 4.79 Å². The normalized spacial score (nSPS) is 11.4. The lowest BCUT2D eigenvalue weighted by atomic mass is 10.3. The maximum absolute atomic E-state index is 11.5. The number of hydrogen-bond acceptors (Lipinski definition) is 4. The molecule has 0 saturated heterocycles. The molecular formula is C15H24N2O4. The van der Waals surface area contributed by atoms with Gasteiger partial charge in [0, 0.05) is 6.04 Å². The van der Waals surface area contributed by atoms with Gasteiger partial charge in [-0.2, -0.15) is 0 Å². The van der Waals surface area contributed by atoms with Crippen molar-refractivity contribution in [2.24, 2.45) is 0 Å². The zero-order valence-corrected chi connectivity index (χ0v) is 13.1. The molecule has 0 saturated carbocycles. The summed E-state index contributed by atoms with van der Waals surface area (Å²) in [6, 6.07) is 5.37. The highest BCUT2D eigenvalue weighted by Crippen LogP contribution is 2.36. The molecule has 0 spiro atoms. The van der Waals surface area contributed by atoms with Gasteiger partial charge in [0.25, 0.3) is 0 Å². The predicted octanol–water partition coefficient (Wildman–Crippen LogP) is 2.18. The van der Waals surface area contributed by atoms with Crippen LogP contribution in [0.3, 0.4) is 0 Å². The number of methoxy groups -OCH3 is 2. The lowest BCUT2D eigenvalue weighted by Gasteiger charge is -2.15. The van der Waals surface area contributed by atoms with Crippen molar-refractivity contribution in [2.75, 3.05) is 27.4 Å². The molecule has 0 aliphatic heterocycles. The third kappa shape index (κ3) is 5.41. The number of para-hydroxylation sites is 1. The van der Waals surface area contributed by atoms with E-state index in [4.69, 9.17) is 14.2 Å². The number of rotatable bonds is 8. The minimum Gasteiger partial charge on any atom is -0.493 e. The van der Waals surface area contributed by atoms with Crippen molar-refractivity contribution in [3.8, 4) is 17.2 Å². The molecule has 6 nitrogen and oxygen atoms in total. The summed E-state index contributed by atoms with van der Waals surface area (Å²) in [5.41, 5.74) is 0. The maximum atomic E-state index is 11.5. The molecule has 0 bridgehead atoms. The summed E-state index contributed by atoms with van der Waals surface area (Å²) in [4.78, 5) is 11.5. The van der Waals surface area contributed by atoms with Crippen LogP contribution in [0.15, 0.2) is 18.2 Å². The van der Waals surface area contributed by atoms with E-state index in [0.29, 0.717) is 30.4 Å². The van der Waals surface area contributed by atoms with Crippen molar-refractivity contribution in [1.29, 1.82) is 0 Å². The average Bonchev–Trinajstić information content (AvgIpc) is 2.50. The summed E-state index contributed by atoms with van der Waals surface area (Å²) in [6.45, 7) is 4.72. The van der Waals surface area contributed by atoms with E-state index < -0.39 is 0 Å². The first-order valence-corrected chi connectivity index (χ1v) is 7.00. The molecule has 1 aromatic rings. The van der Waals surface area contributed by atoms with Crippen molar-refractivity contribution in [3.05, 3.63) is 18.2 Å². The molecule has 1 aromatic carbocycles. The van der Waals surface area contributed by atoms with E-state index in [1.807, 2.05) is 19.9 Å². The van der Waals surface area contributed by atoms with E-state index >= 15 is 0 Å². The fraction of sp³-hybridized carbons (Fsp3) is 0.533. The Balaban J connectivity index is 2.41. The first-order valence-electron chi connectivity index (χ1n) is 7.00. The third-order valence-corrected chi connectivity index (χ3v) is 3.00. The monoisotopic (exact) mass is 296 g/mol. The number of urea groups is 1. The summed E-state index contributed by atoms with van der Waals surface area (Å²) < 4.78 is 16.1. The van der Waals surface area contributed by atoms with Crippen molar-refractivity contribution in [2.45, 2.75) is 26.3 Å². The van der Waals surface area contributed by atoms with Gasteiger partial charge < -0.3 is 24.8 Å². The molecule has 0 aliphatic rings. The van der Waals surface area contributed by atoms with E-state index in [0.717, 1.165) is 6.42 Å². The second-order valence-electron chi connectivity index (χ2n) is 4.55. The summed E-state index contributed by atoms with van der Waals surface area (Å²) >= 11 is 0. The first-order chi connectivity index (χ1) is 10.1. The summed E-state index contributed by atoms with van der Waals surface area (Å²) in [7, 11) is 3.13. The SMILES string of the molecule is CCC(C)NC(=O)NCCOc1cccc(OC)c1OC. The van der Waals surface area contributed by atoms with Gasteiger partial charge in [-0.25, -0.2) is 4.79 Å². The predicted molar refractivity (Wildman–Crippen MR) is 81.3 cm³/mol. The van der Waals surface area contributed by atoms with E-state index in [1.54, 1.807) is 26.4 Å². The van der Waals surface area contributed by atoms with Gasteiger partial charge in [-0.15, -0.1) is 0 Å². The van der Waals surface area contributed by atoms with E-state index in [9.17, 15) is 4.79 Å². The van der Waals surface area contributed by atoms with Gasteiger partial charge in [0.1, 0.15) is 6.61 Å². The Hall–Kier alpha value is -2.11. The van der Waals surface area contributed by atoms with Gasteiger partial charge in [0.15, 0.2) is 11.5 Å². The van der Waals surface area contributed by atoms with Crippen LogP contribution >= 0.6 is 0 Å². The Kier molecular flexibility index (Phi) is 7.21. The van der Waals surface area contributed by atoms with E-state index in [-0.39, 0.29) is 12.1 Å². The third-order valence-electron chi connectivity index (χ3n) is 3.00. The molecule has 2 amide bonds. The van der Waals surface area contributed by atoms with Gasteiger partial charge >= 0.3 is 6.03 Å². The quantitative estimate of drug-likeness (QED) is 0.721. The minimum atomic E-state index is -0.189. The minimum absolute atomic E-state index is 0.157.